The number of carbonyl (C=O) groups excluding carboxylic acids is 3. The quantitative estimate of drug-likeness (QED) is 0.706. The van der Waals surface area contributed by atoms with Gasteiger partial charge >= 0.3 is 6.09 Å². The predicted molar refractivity (Wildman–Crippen MR) is 125 cm³/mol. The molecular formula is C24H30N2O4S. The smallest absolute Gasteiger partial charge is 0.410 e. The molecule has 0 spiro atoms. The molecule has 1 aliphatic heterocycles. The summed E-state index contributed by atoms with van der Waals surface area (Å²) in [6, 6.07) is 13.2. The first-order valence-electron chi connectivity index (χ1n) is 10.6. The average molecular weight is 443 g/mol. The number of ether oxygens (including phenoxy) is 1. The van der Waals surface area contributed by atoms with Crippen molar-refractivity contribution in [3.05, 3.63) is 48.0 Å². The van der Waals surface area contributed by atoms with Gasteiger partial charge in [-0.15, -0.1) is 0 Å². The topological polar surface area (TPSA) is 66.9 Å². The molecule has 3 rings (SSSR count). The fourth-order valence-corrected chi connectivity index (χ4v) is 3.99. The summed E-state index contributed by atoms with van der Waals surface area (Å²) in [5.41, 5.74) is 0.0346. The van der Waals surface area contributed by atoms with Crippen LogP contribution in [0.3, 0.4) is 0 Å². The summed E-state index contributed by atoms with van der Waals surface area (Å²) in [6.07, 6.45) is 0.370. The standard InChI is InChI=1S/C24H30N2O4S/c1-24(2,3)30-23(29)26-14-13-25(15-18(26)11-12-19(27)16-31)22(28)21-10-6-8-17-7-4-5-9-20(17)21/h4-10,18,31H,11-16H2,1-3H3. The Bertz CT molecular complexity index is 964. The normalized spacial score (nSPS) is 17.0. The van der Waals surface area contributed by atoms with Crippen molar-refractivity contribution in [3.63, 3.8) is 0 Å². The molecule has 0 aromatic heterocycles. The molecule has 0 radical (unpaired) electrons. The largest absolute Gasteiger partial charge is 0.444 e. The van der Waals surface area contributed by atoms with Crippen LogP contribution in [0, 0.1) is 0 Å². The average Bonchev–Trinajstić information content (AvgIpc) is 2.75. The number of nitrogens with zero attached hydrogens (tertiary/aromatic N) is 2. The number of ketones is 1. The highest BCUT2D eigenvalue weighted by Gasteiger charge is 2.35. The second-order valence-corrected chi connectivity index (χ2v) is 9.16. The van der Waals surface area contributed by atoms with E-state index in [1.807, 2.05) is 63.2 Å². The Morgan fingerprint density at radius 1 is 1.06 bits per heavy atom. The van der Waals surface area contributed by atoms with E-state index in [2.05, 4.69) is 12.6 Å². The van der Waals surface area contributed by atoms with Crippen LogP contribution in [-0.4, -0.2) is 64.6 Å². The summed E-state index contributed by atoms with van der Waals surface area (Å²) in [5, 5.41) is 1.92. The first kappa shape index (κ1) is 23.1. The van der Waals surface area contributed by atoms with Crippen LogP contribution >= 0.6 is 12.6 Å². The number of rotatable bonds is 5. The molecule has 1 fully saturated rings. The van der Waals surface area contributed by atoms with Crippen molar-refractivity contribution >= 4 is 41.2 Å². The maximum absolute atomic E-state index is 13.4. The van der Waals surface area contributed by atoms with Crippen molar-refractivity contribution in [2.45, 2.75) is 45.3 Å². The number of benzene rings is 2. The van der Waals surface area contributed by atoms with Gasteiger partial charge in [-0.2, -0.15) is 12.6 Å². The van der Waals surface area contributed by atoms with E-state index >= 15 is 0 Å². The maximum Gasteiger partial charge on any atom is 0.410 e. The molecule has 166 valence electrons. The van der Waals surface area contributed by atoms with Crippen LogP contribution < -0.4 is 0 Å². The molecule has 1 atom stereocenters. The molecule has 6 nitrogen and oxygen atoms in total. The zero-order chi connectivity index (χ0) is 22.6. The van der Waals surface area contributed by atoms with E-state index in [-0.39, 0.29) is 23.5 Å². The van der Waals surface area contributed by atoms with Gasteiger partial charge in [0.05, 0.1) is 6.04 Å². The van der Waals surface area contributed by atoms with Crippen molar-refractivity contribution in [1.82, 2.24) is 9.80 Å². The number of carbonyl (C=O) groups is 3. The zero-order valence-corrected chi connectivity index (χ0v) is 19.2. The lowest BCUT2D eigenvalue weighted by atomic mass is 10.0. The van der Waals surface area contributed by atoms with E-state index < -0.39 is 11.7 Å². The van der Waals surface area contributed by atoms with Crippen molar-refractivity contribution in [2.24, 2.45) is 0 Å². The number of amides is 2. The second-order valence-electron chi connectivity index (χ2n) is 8.84. The Morgan fingerprint density at radius 2 is 1.77 bits per heavy atom. The lowest BCUT2D eigenvalue weighted by Gasteiger charge is -2.42. The van der Waals surface area contributed by atoms with Crippen LogP contribution in [0.5, 0.6) is 0 Å². The second kappa shape index (κ2) is 9.73. The third-order valence-corrected chi connectivity index (χ3v) is 5.70. The summed E-state index contributed by atoms with van der Waals surface area (Å²) in [6.45, 7) is 6.62. The van der Waals surface area contributed by atoms with E-state index in [0.717, 1.165) is 10.8 Å². The van der Waals surface area contributed by atoms with Crippen molar-refractivity contribution in [3.8, 4) is 0 Å². The SMILES string of the molecule is CC(C)(C)OC(=O)N1CCN(C(=O)c2cccc3ccccc23)CC1CCC(=O)CS. The fraction of sp³-hybridized carbons (Fsp3) is 0.458. The van der Waals surface area contributed by atoms with Gasteiger partial charge in [-0.3, -0.25) is 9.59 Å². The number of hydrogen-bond donors (Lipinski definition) is 1. The highest BCUT2D eigenvalue weighted by Crippen LogP contribution is 2.24. The first-order chi connectivity index (χ1) is 14.7. The third kappa shape index (κ3) is 5.79. The molecule has 1 aliphatic rings. The van der Waals surface area contributed by atoms with Gasteiger partial charge in [-0.1, -0.05) is 36.4 Å². The first-order valence-corrected chi connectivity index (χ1v) is 11.2. The monoisotopic (exact) mass is 442 g/mol. The number of hydrogen-bond acceptors (Lipinski definition) is 5. The van der Waals surface area contributed by atoms with E-state index in [4.69, 9.17) is 4.74 Å². The maximum atomic E-state index is 13.4. The Kier molecular flexibility index (Phi) is 7.26. The minimum atomic E-state index is -0.613. The van der Waals surface area contributed by atoms with Crippen molar-refractivity contribution in [2.75, 3.05) is 25.4 Å². The van der Waals surface area contributed by atoms with E-state index in [9.17, 15) is 14.4 Å². The van der Waals surface area contributed by atoms with Crippen LogP contribution in [0.15, 0.2) is 42.5 Å². The number of Topliss-reactive ketones (excluding diaryl/α,β-unsaturated/α-hetero) is 1. The lowest BCUT2D eigenvalue weighted by molar-refractivity contribution is -0.117. The summed E-state index contributed by atoms with van der Waals surface area (Å²) >= 11 is 4.05. The molecule has 0 saturated carbocycles. The summed E-state index contributed by atoms with van der Waals surface area (Å²) in [7, 11) is 0. The lowest BCUT2D eigenvalue weighted by Crippen LogP contribution is -2.57. The van der Waals surface area contributed by atoms with Crippen LogP contribution in [-0.2, 0) is 9.53 Å². The Hall–Kier alpha value is -2.54. The molecule has 2 aromatic rings. The number of thiol groups is 1. The zero-order valence-electron chi connectivity index (χ0n) is 18.3. The van der Waals surface area contributed by atoms with E-state index in [1.54, 1.807) is 9.80 Å². The Morgan fingerprint density at radius 3 is 2.48 bits per heavy atom. The summed E-state index contributed by atoms with van der Waals surface area (Å²) < 4.78 is 5.56. The van der Waals surface area contributed by atoms with Crippen LogP contribution in [0.4, 0.5) is 4.79 Å². The van der Waals surface area contributed by atoms with Crippen LogP contribution in [0.25, 0.3) is 10.8 Å². The number of fused-ring (bicyclic) bond motifs is 1. The molecule has 2 amide bonds. The van der Waals surface area contributed by atoms with Gasteiger partial charge in [0.15, 0.2) is 0 Å². The minimum Gasteiger partial charge on any atom is -0.444 e. The Balaban J connectivity index is 1.81. The number of piperazine rings is 1. The van der Waals surface area contributed by atoms with Gasteiger partial charge in [0.25, 0.3) is 5.91 Å². The van der Waals surface area contributed by atoms with Crippen LogP contribution in [0.1, 0.15) is 44.0 Å². The van der Waals surface area contributed by atoms with Gasteiger partial charge in [-0.25, -0.2) is 4.79 Å². The van der Waals surface area contributed by atoms with Gasteiger partial charge in [0.1, 0.15) is 11.4 Å². The molecular weight excluding hydrogens is 412 g/mol. The summed E-state index contributed by atoms with van der Waals surface area (Å²) in [5.74, 6) is 0.119. The molecule has 31 heavy (non-hydrogen) atoms. The molecule has 2 aromatic carbocycles. The van der Waals surface area contributed by atoms with E-state index in [1.165, 1.54) is 0 Å². The molecule has 1 unspecified atom stereocenters. The summed E-state index contributed by atoms with van der Waals surface area (Å²) in [4.78, 5) is 41.4. The molecule has 0 aliphatic carbocycles. The van der Waals surface area contributed by atoms with Crippen molar-refractivity contribution in [1.29, 1.82) is 0 Å². The van der Waals surface area contributed by atoms with Crippen LogP contribution in [0.2, 0.25) is 0 Å². The van der Waals surface area contributed by atoms with Gasteiger partial charge in [-0.05, 0) is 44.0 Å². The fourth-order valence-electron chi connectivity index (χ4n) is 3.84. The Labute approximate surface area is 188 Å². The highest BCUT2D eigenvalue weighted by atomic mass is 32.1. The van der Waals surface area contributed by atoms with Crippen molar-refractivity contribution < 1.29 is 19.1 Å². The van der Waals surface area contributed by atoms with Gasteiger partial charge in [0.2, 0.25) is 0 Å². The molecule has 1 heterocycles. The molecule has 7 heteroatoms. The highest BCUT2D eigenvalue weighted by molar-refractivity contribution is 7.81. The van der Waals surface area contributed by atoms with Gasteiger partial charge < -0.3 is 14.5 Å². The van der Waals surface area contributed by atoms with Gasteiger partial charge in [0, 0.05) is 37.4 Å². The molecule has 1 saturated heterocycles. The molecule has 0 N–H and O–H groups in total. The minimum absolute atomic E-state index is 0.0185. The van der Waals surface area contributed by atoms with E-state index in [0.29, 0.717) is 38.0 Å². The third-order valence-electron chi connectivity index (χ3n) is 5.35. The predicted octanol–water partition coefficient (Wildman–Crippen LogP) is 4.18. The molecule has 0 bridgehead atoms.